The lowest BCUT2D eigenvalue weighted by atomic mass is 10.0. The Bertz CT molecular complexity index is 1310. The molecule has 0 saturated heterocycles. The van der Waals surface area contributed by atoms with Crippen LogP contribution in [0.5, 0.6) is 0 Å². The number of rotatable bonds is 13. The van der Waals surface area contributed by atoms with Crippen molar-refractivity contribution in [3.63, 3.8) is 0 Å². The molecule has 0 spiro atoms. The van der Waals surface area contributed by atoms with E-state index in [1.54, 1.807) is 0 Å². The maximum Gasteiger partial charge on any atom is 0.312 e. The van der Waals surface area contributed by atoms with Crippen molar-refractivity contribution in [1.29, 1.82) is 0 Å². The quantitative estimate of drug-likeness (QED) is 0.305. The van der Waals surface area contributed by atoms with Gasteiger partial charge < -0.3 is 20.6 Å². The van der Waals surface area contributed by atoms with Gasteiger partial charge in [-0.1, -0.05) is 31.2 Å². The first-order chi connectivity index (χ1) is 17.5. The average Bonchev–Trinajstić information content (AvgIpc) is 3.33. The second kappa shape index (κ2) is 12.3. The van der Waals surface area contributed by atoms with Gasteiger partial charge in [-0.3, -0.25) is 4.79 Å². The third kappa shape index (κ3) is 7.34. The van der Waals surface area contributed by atoms with Crippen molar-refractivity contribution in [2.24, 2.45) is 5.73 Å². The average molecular weight is 537 g/mol. The first kappa shape index (κ1) is 28.2. The summed E-state index contributed by atoms with van der Waals surface area (Å²) in [4.78, 5) is 15.4. The number of aliphatic hydroxyl groups excluding tert-OH is 1. The van der Waals surface area contributed by atoms with E-state index in [0.717, 1.165) is 40.2 Å². The lowest BCUT2D eigenvalue weighted by molar-refractivity contribution is 0.0995. The number of sulfonamides is 1. The Morgan fingerprint density at radius 2 is 1.81 bits per heavy atom. The van der Waals surface area contributed by atoms with E-state index in [9.17, 15) is 27.1 Å². The minimum atomic E-state index is -4.15. The highest BCUT2D eigenvalue weighted by Crippen LogP contribution is 2.26. The smallest absolute Gasteiger partial charge is 0.312 e. The summed E-state index contributed by atoms with van der Waals surface area (Å²) >= 11 is 0. The highest BCUT2D eigenvalue weighted by molar-refractivity contribution is 7.92. The zero-order valence-electron chi connectivity index (χ0n) is 20.5. The number of halogens is 2. The summed E-state index contributed by atoms with van der Waals surface area (Å²) in [5, 5.41) is 14.3. The zero-order chi connectivity index (χ0) is 27.2. The number of nitrogens with one attached hydrogen (secondary N) is 1. The molecule has 0 fully saturated rings. The van der Waals surface area contributed by atoms with Crippen LogP contribution in [-0.2, 0) is 29.4 Å². The van der Waals surface area contributed by atoms with Crippen LogP contribution in [0.3, 0.4) is 0 Å². The van der Waals surface area contributed by atoms with Crippen molar-refractivity contribution < 1.29 is 31.5 Å². The van der Waals surface area contributed by atoms with Gasteiger partial charge in [0.25, 0.3) is 5.91 Å². The fourth-order valence-electron chi connectivity index (χ4n) is 3.89. The first-order valence-electron chi connectivity index (χ1n) is 11.7. The number of benzene rings is 2. The molecule has 2 aromatic carbocycles. The van der Waals surface area contributed by atoms with Gasteiger partial charge in [0, 0.05) is 19.2 Å². The fraction of sp³-hybridized carbons (Fsp3) is 0.360. The second-order valence-corrected chi connectivity index (χ2v) is 10.6. The molecular weight excluding hydrogens is 506 g/mol. The van der Waals surface area contributed by atoms with Crippen molar-refractivity contribution in [1.82, 2.24) is 10.3 Å². The van der Waals surface area contributed by atoms with Gasteiger partial charge in [-0.15, -0.1) is 0 Å². The Morgan fingerprint density at radius 1 is 1.14 bits per heavy atom. The Balaban J connectivity index is 1.95. The number of carbonyl (C=O) groups excluding carboxylic acids is 1. The predicted octanol–water partition coefficient (Wildman–Crippen LogP) is 2.53. The topological polar surface area (TPSA) is 139 Å². The summed E-state index contributed by atoms with van der Waals surface area (Å²) in [5.41, 5.74) is 7.13. The molecule has 3 rings (SSSR count). The number of nitrogens with zero attached hydrogens (tertiary/aromatic N) is 2. The van der Waals surface area contributed by atoms with Gasteiger partial charge >= 0.3 is 6.01 Å². The number of primary amides is 1. The van der Waals surface area contributed by atoms with Gasteiger partial charge in [0.05, 0.1) is 17.9 Å². The van der Waals surface area contributed by atoms with Gasteiger partial charge in [0.2, 0.25) is 10.0 Å². The number of nitrogens with two attached hydrogens (primary N) is 1. The molecule has 0 radical (unpaired) electrons. The number of hydrogen-bond donors (Lipinski definition) is 3. The molecule has 9 nitrogen and oxygen atoms in total. The third-order valence-corrected chi connectivity index (χ3v) is 7.55. The SMILES string of the molecule is CCc1cccc(CNC[C@@H](O)[C@H](Cc2cc(F)cc(F)c2)N(c2nc(C(N)=O)co2)S(=O)(=O)CC)c1. The van der Waals surface area contributed by atoms with Gasteiger partial charge in [0.15, 0.2) is 5.69 Å². The van der Waals surface area contributed by atoms with Crippen molar-refractivity contribution in [2.75, 3.05) is 16.6 Å². The molecule has 0 bridgehead atoms. The second-order valence-electron chi connectivity index (χ2n) is 8.50. The third-order valence-electron chi connectivity index (χ3n) is 5.79. The number of amides is 1. The minimum Gasteiger partial charge on any atom is -0.430 e. The normalized spacial score (nSPS) is 13.3. The predicted molar refractivity (Wildman–Crippen MR) is 134 cm³/mol. The Hall–Kier alpha value is -3.35. The molecule has 3 aromatic rings. The fourth-order valence-corrected chi connectivity index (χ4v) is 5.12. The summed E-state index contributed by atoms with van der Waals surface area (Å²) in [6.45, 7) is 3.73. The van der Waals surface area contributed by atoms with Gasteiger partial charge in [-0.05, 0) is 48.6 Å². The van der Waals surface area contributed by atoms with E-state index >= 15 is 0 Å². The Labute approximate surface area is 214 Å². The standard InChI is InChI=1S/C25H30F2N4O5S/c1-3-16-6-5-7-17(8-16)13-29-14-23(32)22(11-18-9-19(26)12-20(27)10-18)31(37(34,35)4-2)25-30-21(15-36-25)24(28)33/h5-10,12,15,22-23,29,32H,3-4,11,13-14H2,1-2H3,(H2,28,33)/t22-,23+/m0/s1. The van der Waals surface area contributed by atoms with Crippen molar-refractivity contribution >= 4 is 21.9 Å². The lowest BCUT2D eigenvalue weighted by Gasteiger charge is -2.33. The van der Waals surface area contributed by atoms with E-state index in [1.807, 2.05) is 31.2 Å². The Morgan fingerprint density at radius 3 is 2.41 bits per heavy atom. The molecule has 1 heterocycles. The maximum atomic E-state index is 13.9. The van der Waals surface area contributed by atoms with Crippen molar-refractivity contribution in [2.45, 2.75) is 45.4 Å². The molecule has 37 heavy (non-hydrogen) atoms. The summed E-state index contributed by atoms with van der Waals surface area (Å²) in [6.07, 6.45) is 0.109. The molecule has 1 amide bonds. The lowest BCUT2D eigenvalue weighted by Crippen LogP contribution is -2.52. The number of carbonyl (C=O) groups is 1. The van der Waals surface area contributed by atoms with Gasteiger partial charge in [-0.25, -0.2) is 21.5 Å². The molecule has 0 saturated carbocycles. The monoisotopic (exact) mass is 536 g/mol. The van der Waals surface area contributed by atoms with Crippen LogP contribution in [0.2, 0.25) is 0 Å². The van der Waals surface area contributed by atoms with E-state index in [-0.39, 0.29) is 24.2 Å². The maximum absolute atomic E-state index is 13.9. The molecular formula is C25H30F2N4O5S. The van der Waals surface area contributed by atoms with Crippen molar-refractivity contribution in [3.05, 3.63) is 82.7 Å². The number of oxazole rings is 1. The van der Waals surface area contributed by atoms with Crippen LogP contribution in [-0.4, -0.2) is 48.9 Å². The number of aliphatic hydroxyl groups is 1. The number of hydrogen-bond acceptors (Lipinski definition) is 7. The molecule has 0 aliphatic heterocycles. The van der Waals surface area contributed by atoms with Gasteiger partial charge in [0.1, 0.15) is 17.9 Å². The van der Waals surface area contributed by atoms with E-state index in [1.165, 1.54) is 6.92 Å². The molecule has 0 aliphatic rings. The molecule has 2 atom stereocenters. The molecule has 200 valence electrons. The van der Waals surface area contributed by atoms with Crippen LogP contribution in [0.1, 0.15) is 41.0 Å². The highest BCUT2D eigenvalue weighted by atomic mass is 32.2. The van der Waals surface area contributed by atoms with Crippen LogP contribution in [0.15, 0.2) is 53.1 Å². The summed E-state index contributed by atoms with van der Waals surface area (Å²) < 4.78 is 60.1. The summed E-state index contributed by atoms with van der Waals surface area (Å²) in [5.74, 6) is -3.05. The van der Waals surface area contributed by atoms with Crippen LogP contribution < -0.4 is 15.4 Å². The molecule has 0 unspecified atom stereocenters. The van der Waals surface area contributed by atoms with Gasteiger partial charge in [-0.2, -0.15) is 4.98 Å². The van der Waals surface area contributed by atoms with Crippen LogP contribution >= 0.6 is 0 Å². The summed E-state index contributed by atoms with van der Waals surface area (Å²) in [6, 6.07) is 8.84. The van der Waals surface area contributed by atoms with Crippen molar-refractivity contribution in [3.8, 4) is 0 Å². The summed E-state index contributed by atoms with van der Waals surface area (Å²) in [7, 11) is -4.15. The highest BCUT2D eigenvalue weighted by Gasteiger charge is 2.37. The van der Waals surface area contributed by atoms with E-state index in [4.69, 9.17) is 10.2 Å². The van der Waals surface area contributed by atoms with Crippen LogP contribution in [0.25, 0.3) is 0 Å². The van der Waals surface area contributed by atoms with Crippen LogP contribution in [0, 0.1) is 11.6 Å². The Kier molecular flexibility index (Phi) is 9.35. The van der Waals surface area contributed by atoms with E-state index in [0.29, 0.717) is 12.6 Å². The minimum absolute atomic E-state index is 0.0715. The van der Waals surface area contributed by atoms with E-state index in [2.05, 4.69) is 10.3 Å². The van der Waals surface area contributed by atoms with E-state index < -0.39 is 51.5 Å². The van der Waals surface area contributed by atoms with Crippen LogP contribution in [0.4, 0.5) is 14.8 Å². The molecule has 12 heteroatoms. The number of aromatic nitrogens is 1. The largest absolute Gasteiger partial charge is 0.430 e. The number of anilines is 1. The zero-order valence-corrected chi connectivity index (χ0v) is 21.3. The number of aryl methyl sites for hydroxylation is 1. The molecule has 1 aromatic heterocycles. The molecule has 0 aliphatic carbocycles. The first-order valence-corrected chi connectivity index (χ1v) is 13.3. The molecule has 4 N–H and O–H groups in total.